The fourth-order valence-electron chi connectivity index (χ4n) is 3.84. The van der Waals surface area contributed by atoms with Gasteiger partial charge >= 0.3 is 0 Å². The van der Waals surface area contributed by atoms with E-state index in [1.165, 1.54) is 12.5 Å². The molecule has 0 aliphatic heterocycles. The number of halogens is 2. The predicted molar refractivity (Wildman–Crippen MR) is 110 cm³/mol. The largest absolute Gasteiger partial charge is 0.444 e. The number of pyridine rings is 1. The fraction of sp³-hybridized carbons (Fsp3) is 0.286. The molecule has 11 heteroatoms. The van der Waals surface area contributed by atoms with Gasteiger partial charge in [0, 0.05) is 18.5 Å². The Morgan fingerprint density at radius 2 is 2.03 bits per heavy atom. The first-order valence-corrected chi connectivity index (χ1v) is 10.2. The Kier molecular flexibility index (Phi) is 5.21. The zero-order valence-electron chi connectivity index (χ0n) is 16.9. The summed E-state index contributed by atoms with van der Waals surface area (Å²) in [4.78, 5) is 20.9. The van der Waals surface area contributed by atoms with Crippen LogP contribution >= 0.6 is 0 Å². The zero-order chi connectivity index (χ0) is 22.1. The minimum Gasteiger partial charge on any atom is -0.444 e. The van der Waals surface area contributed by atoms with Gasteiger partial charge in [-0.2, -0.15) is 10.2 Å². The number of H-pyrrole nitrogens is 1. The number of aromatic nitrogens is 6. The molecular weight excluding hydrogens is 420 g/mol. The van der Waals surface area contributed by atoms with Gasteiger partial charge in [-0.15, -0.1) is 0 Å². The number of nitrogens with one attached hydrogen (secondary N) is 2. The Hall–Kier alpha value is -3.89. The van der Waals surface area contributed by atoms with Crippen LogP contribution in [0.5, 0.6) is 0 Å². The van der Waals surface area contributed by atoms with Crippen LogP contribution in [0.2, 0.25) is 0 Å². The highest BCUT2D eigenvalue weighted by atomic mass is 19.1. The van der Waals surface area contributed by atoms with Gasteiger partial charge in [-0.25, -0.2) is 18.7 Å². The van der Waals surface area contributed by atoms with Crippen molar-refractivity contribution in [2.24, 2.45) is 0 Å². The highest BCUT2D eigenvalue weighted by Gasteiger charge is 2.24. The Morgan fingerprint density at radius 1 is 1.19 bits per heavy atom. The number of carbonyl (C=O) groups excluding carboxylic acids is 1. The van der Waals surface area contributed by atoms with Crippen LogP contribution in [0.15, 0.2) is 41.5 Å². The van der Waals surface area contributed by atoms with E-state index in [9.17, 15) is 13.6 Å². The van der Waals surface area contributed by atoms with E-state index in [0.717, 1.165) is 44.4 Å². The third kappa shape index (κ3) is 3.88. The minimum absolute atomic E-state index is 0.0325. The lowest BCUT2D eigenvalue weighted by Gasteiger charge is -2.21. The number of oxazole rings is 1. The summed E-state index contributed by atoms with van der Waals surface area (Å²) in [7, 11) is 0. The lowest BCUT2D eigenvalue weighted by molar-refractivity contribution is 0.102. The molecule has 2 N–H and O–H groups in total. The van der Waals surface area contributed by atoms with Crippen LogP contribution in [0.3, 0.4) is 0 Å². The molecule has 4 aromatic heterocycles. The van der Waals surface area contributed by atoms with E-state index in [1.54, 1.807) is 17.1 Å². The predicted octanol–water partition coefficient (Wildman–Crippen LogP) is 4.36. The summed E-state index contributed by atoms with van der Waals surface area (Å²) in [5, 5.41) is 13.7. The van der Waals surface area contributed by atoms with Gasteiger partial charge < -0.3 is 9.73 Å². The molecule has 32 heavy (non-hydrogen) atoms. The molecule has 1 amide bonds. The van der Waals surface area contributed by atoms with Crippen LogP contribution in [-0.4, -0.2) is 35.9 Å². The van der Waals surface area contributed by atoms with Crippen molar-refractivity contribution in [1.82, 2.24) is 29.9 Å². The lowest BCUT2D eigenvalue weighted by Crippen LogP contribution is -2.14. The number of aromatic amines is 1. The molecule has 4 aromatic rings. The van der Waals surface area contributed by atoms with Crippen LogP contribution in [-0.2, 0) is 0 Å². The smallest absolute Gasteiger partial charge is 0.277 e. The number of carbonyl (C=O) groups is 1. The number of anilines is 1. The summed E-state index contributed by atoms with van der Waals surface area (Å²) in [5.41, 5.74) is 0.861. The van der Waals surface area contributed by atoms with Crippen molar-refractivity contribution in [2.45, 2.75) is 38.1 Å². The molecule has 1 saturated carbocycles. The molecule has 0 bridgehead atoms. The van der Waals surface area contributed by atoms with E-state index in [0.29, 0.717) is 5.56 Å². The Balaban J connectivity index is 1.47. The highest BCUT2D eigenvalue weighted by molar-refractivity contribution is 6.04. The summed E-state index contributed by atoms with van der Waals surface area (Å²) >= 11 is 0. The van der Waals surface area contributed by atoms with E-state index in [4.69, 9.17) is 4.42 Å². The molecule has 0 unspecified atom stereocenters. The van der Waals surface area contributed by atoms with Crippen molar-refractivity contribution in [1.29, 1.82) is 0 Å². The van der Waals surface area contributed by atoms with Crippen LogP contribution in [0, 0.1) is 11.6 Å². The first-order valence-electron chi connectivity index (χ1n) is 10.2. The number of rotatable bonds is 5. The van der Waals surface area contributed by atoms with E-state index in [-0.39, 0.29) is 34.7 Å². The van der Waals surface area contributed by atoms with Crippen molar-refractivity contribution in [3.05, 3.63) is 54.4 Å². The van der Waals surface area contributed by atoms with Crippen molar-refractivity contribution < 1.29 is 18.0 Å². The maximum atomic E-state index is 14.5. The molecule has 5 rings (SSSR count). The Morgan fingerprint density at radius 3 is 2.78 bits per heavy atom. The molecule has 164 valence electrons. The van der Waals surface area contributed by atoms with Crippen LogP contribution in [0.25, 0.3) is 22.8 Å². The van der Waals surface area contributed by atoms with E-state index < -0.39 is 17.5 Å². The molecule has 1 aliphatic rings. The Labute approximate surface area is 180 Å². The summed E-state index contributed by atoms with van der Waals surface area (Å²) in [6, 6.07) is 0.874. The quantitative estimate of drug-likeness (QED) is 0.478. The SMILES string of the molecule is O=C(Nc1cn(C2CCCCC2)nc1-c1ncc(F)cc1F)c1coc(-c2cn[nH]c2)n1. The molecule has 4 heterocycles. The molecule has 0 saturated heterocycles. The molecule has 9 nitrogen and oxygen atoms in total. The normalized spacial score (nSPS) is 14.6. The van der Waals surface area contributed by atoms with Gasteiger partial charge in [0.05, 0.1) is 29.7 Å². The summed E-state index contributed by atoms with van der Waals surface area (Å²) in [6.07, 6.45) is 12.1. The standard InChI is InChI=1S/C21H19F2N7O2/c22-13-6-15(23)18(24-9-13)19-16(10-30(29-19)14-4-2-1-3-5-14)27-20(31)17-11-32-21(28-17)12-7-25-26-8-12/h6-11,14H,1-5H2,(H,25,26)(H,27,31). The van der Waals surface area contributed by atoms with Crippen molar-refractivity contribution in [2.75, 3.05) is 5.32 Å². The van der Waals surface area contributed by atoms with Crippen molar-refractivity contribution >= 4 is 11.6 Å². The van der Waals surface area contributed by atoms with Crippen molar-refractivity contribution in [3.8, 4) is 22.8 Å². The number of amides is 1. The molecular formula is C21H19F2N7O2. The second kappa shape index (κ2) is 8.33. The summed E-state index contributed by atoms with van der Waals surface area (Å²) in [5.74, 6) is -1.99. The van der Waals surface area contributed by atoms with Crippen LogP contribution in [0.4, 0.5) is 14.5 Å². The van der Waals surface area contributed by atoms with Crippen LogP contribution < -0.4 is 5.32 Å². The third-order valence-electron chi connectivity index (χ3n) is 5.44. The first kappa shape index (κ1) is 20.0. The summed E-state index contributed by atoms with van der Waals surface area (Å²) in [6.45, 7) is 0. The number of hydrogen-bond donors (Lipinski definition) is 2. The molecule has 1 fully saturated rings. The number of nitrogens with zero attached hydrogens (tertiary/aromatic N) is 5. The van der Waals surface area contributed by atoms with Gasteiger partial charge in [-0.1, -0.05) is 19.3 Å². The maximum absolute atomic E-state index is 14.5. The van der Waals surface area contributed by atoms with Gasteiger partial charge in [-0.3, -0.25) is 14.6 Å². The van der Waals surface area contributed by atoms with E-state index in [1.807, 2.05) is 0 Å². The van der Waals surface area contributed by atoms with Gasteiger partial charge in [0.2, 0.25) is 5.89 Å². The molecule has 0 spiro atoms. The molecule has 0 aromatic carbocycles. The topological polar surface area (TPSA) is 115 Å². The maximum Gasteiger partial charge on any atom is 0.277 e. The average Bonchev–Trinajstić information content (AvgIpc) is 3.55. The zero-order valence-corrected chi connectivity index (χ0v) is 16.9. The summed E-state index contributed by atoms with van der Waals surface area (Å²) < 4.78 is 35.0. The van der Waals surface area contributed by atoms with Gasteiger partial charge in [0.1, 0.15) is 23.5 Å². The van der Waals surface area contributed by atoms with Gasteiger partial charge in [0.15, 0.2) is 11.5 Å². The van der Waals surface area contributed by atoms with Gasteiger partial charge in [-0.05, 0) is 12.8 Å². The molecule has 0 radical (unpaired) electrons. The third-order valence-corrected chi connectivity index (χ3v) is 5.44. The monoisotopic (exact) mass is 439 g/mol. The average molecular weight is 439 g/mol. The second-order valence-electron chi connectivity index (χ2n) is 7.63. The highest BCUT2D eigenvalue weighted by Crippen LogP contribution is 2.33. The van der Waals surface area contributed by atoms with Crippen molar-refractivity contribution in [3.63, 3.8) is 0 Å². The second-order valence-corrected chi connectivity index (χ2v) is 7.63. The molecule has 0 atom stereocenters. The van der Waals surface area contributed by atoms with Gasteiger partial charge in [0.25, 0.3) is 5.91 Å². The number of hydrogen-bond acceptors (Lipinski definition) is 6. The molecule has 1 aliphatic carbocycles. The van der Waals surface area contributed by atoms with Crippen LogP contribution in [0.1, 0.15) is 48.6 Å². The van der Waals surface area contributed by atoms with E-state index in [2.05, 4.69) is 30.6 Å². The fourth-order valence-corrected chi connectivity index (χ4v) is 3.84. The van der Waals surface area contributed by atoms with E-state index >= 15 is 0 Å². The lowest BCUT2D eigenvalue weighted by atomic mass is 9.96. The first-order chi connectivity index (χ1) is 15.6. The minimum atomic E-state index is -0.863. The Bertz CT molecular complexity index is 1240.